The monoisotopic (exact) mass is 738 g/mol. The number of aliphatic hydroxyl groups is 7. The lowest BCUT2D eigenvalue weighted by Gasteiger charge is -2.58. The molecule has 2 heterocycles. The van der Waals surface area contributed by atoms with E-state index in [1.54, 1.807) is 0 Å². The molecule has 2 aliphatic heterocycles. The molecular weight excluding hydrogens is 668 g/mol. The van der Waals surface area contributed by atoms with Crippen molar-refractivity contribution < 1.29 is 54.7 Å². The average Bonchev–Trinajstić information content (AvgIpc) is 3.48. The Hall–Kier alpha value is -0.700. The lowest BCUT2D eigenvalue weighted by molar-refractivity contribution is -0.336. The quantitative estimate of drug-likeness (QED) is 0.145. The summed E-state index contributed by atoms with van der Waals surface area (Å²) in [5, 5.41) is 72.3. The molecule has 0 spiro atoms. The van der Waals surface area contributed by atoms with Crippen molar-refractivity contribution in [2.24, 2.45) is 52.3 Å². The van der Waals surface area contributed by atoms with Crippen molar-refractivity contribution in [2.75, 3.05) is 13.2 Å². The Morgan fingerprint density at radius 2 is 1.46 bits per heavy atom. The molecule has 6 rings (SSSR count). The van der Waals surface area contributed by atoms with Crippen molar-refractivity contribution in [2.45, 2.75) is 180 Å². The molecule has 0 aromatic carbocycles. The minimum atomic E-state index is -1.62. The third kappa shape index (κ3) is 7.57. The normalized spacial score (nSPS) is 49.1. The Kier molecular flexibility index (Phi) is 12.9. The Balaban J connectivity index is 1.06. The van der Waals surface area contributed by atoms with Gasteiger partial charge in [0.25, 0.3) is 0 Å². The summed E-state index contributed by atoms with van der Waals surface area (Å²) in [6.07, 6.45) is 0.911. The first kappa shape index (κ1) is 40.9. The minimum Gasteiger partial charge on any atom is -0.394 e. The van der Waals surface area contributed by atoms with E-state index in [4.69, 9.17) is 18.9 Å². The summed E-state index contributed by atoms with van der Waals surface area (Å²) in [7, 11) is 0. The Labute approximate surface area is 311 Å². The first-order valence-electron chi connectivity index (χ1n) is 20.6. The Bertz CT molecular complexity index is 1210. The summed E-state index contributed by atoms with van der Waals surface area (Å²) in [6, 6.07) is 0. The van der Waals surface area contributed by atoms with Crippen LogP contribution in [-0.2, 0) is 18.9 Å². The summed E-state index contributed by atoms with van der Waals surface area (Å²) < 4.78 is 23.3. The van der Waals surface area contributed by atoms with E-state index in [9.17, 15) is 35.7 Å². The van der Waals surface area contributed by atoms with E-state index in [-0.39, 0.29) is 18.1 Å². The standard InChI is InChI=1S/C41H70O11/c1-7-23(21(2)3)9-8-22(4)27-12-13-28-26-11-10-24-18-25(14-16-40(24,5)29(26)15-17-41(27,28)6)50-39-37(48)35(46)33(44)31(52-39)20-49-38-36(47)34(45)32(43)30(19-42)51-38/h10,21-23,25-39,42-48H,7-9,11-20H2,1-6H3/t22-,23-,25+,26+,27-,28+,29+,30-,31-,32-,33-,34+,35+,36-,37-,38-,39-,40+,41-/m1/s1. The fourth-order valence-corrected chi connectivity index (χ4v) is 12.2. The zero-order valence-corrected chi connectivity index (χ0v) is 32.4. The molecule has 3 saturated carbocycles. The van der Waals surface area contributed by atoms with E-state index < -0.39 is 68.0 Å². The number of rotatable bonds is 12. The third-order valence-electron chi connectivity index (χ3n) is 15.5. The van der Waals surface area contributed by atoms with Gasteiger partial charge in [-0.1, -0.05) is 66.0 Å². The van der Waals surface area contributed by atoms with Crippen molar-refractivity contribution in [1.29, 1.82) is 0 Å². The molecule has 19 atom stereocenters. The SMILES string of the molecule is CC[C@H](CC[C@@H](C)[C@H]1CC[C@H]2[C@@H]3CC=C4C[C@@H](O[C@@H]5O[C@H](CO[C@@H]6O[C@H](CO)[C@@H](O)[C@H](O)[C@H]6O)[C@@H](O)[C@H](O)[C@H]5O)CC[C@]4(C)[C@H]3CC[C@]12C)C(C)C. The lowest BCUT2D eigenvalue weighted by atomic mass is 9.47. The smallest absolute Gasteiger partial charge is 0.186 e. The van der Waals surface area contributed by atoms with Crippen LogP contribution < -0.4 is 0 Å². The van der Waals surface area contributed by atoms with Gasteiger partial charge in [0.05, 0.1) is 19.3 Å². The van der Waals surface area contributed by atoms with Crippen molar-refractivity contribution in [1.82, 2.24) is 0 Å². The summed E-state index contributed by atoms with van der Waals surface area (Å²) in [6.45, 7) is 13.8. The van der Waals surface area contributed by atoms with Gasteiger partial charge in [-0.2, -0.15) is 0 Å². The van der Waals surface area contributed by atoms with Crippen molar-refractivity contribution in [3.8, 4) is 0 Å². The molecule has 4 aliphatic carbocycles. The molecule has 52 heavy (non-hydrogen) atoms. The van der Waals surface area contributed by atoms with Crippen LogP contribution in [-0.4, -0.2) is 116 Å². The largest absolute Gasteiger partial charge is 0.394 e. The van der Waals surface area contributed by atoms with Gasteiger partial charge in [-0.3, -0.25) is 0 Å². The van der Waals surface area contributed by atoms with Crippen LogP contribution in [0.2, 0.25) is 0 Å². The van der Waals surface area contributed by atoms with Crippen LogP contribution >= 0.6 is 0 Å². The van der Waals surface area contributed by atoms with Gasteiger partial charge < -0.3 is 54.7 Å². The molecule has 0 radical (unpaired) electrons. The highest BCUT2D eigenvalue weighted by molar-refractivity contribution is 5.25. The molecule has 0 amide bonds. The van der Waals surface area contributed by atoms with Crippen LogP contribution in [0.25, 0.3) is 0 Å². The fraction of sp³-hybridized carbons (Fsp3) is 0.951. The molecule has 2 saturated heterocycles. The van der Waals surface area contributed by atoms with Crippen molar-refractivity contribution >= 4 is 0 Å². The molecule has 6 aliphatic rings. The van der Waals surface area contributed by atoms with Crippen LogP contribution in [0.3, 0.4) is 0 Å². The second-order valence-corrected chi connectivity index (χ2v) is 18.5. The maximum atomic E-state index is 10.9. The van der Waals surface area contributed by atoms with Gasteiger partial charge in [-0.05, 0) is 110 Å². The highest BCUT2D eigenvalue weighted by Crippen LogP contribution is 2.67. The van der Waals surface area contributed by atoms with Crippen molar-refractivity contribution in [3.63, 3.8) is 0 Å². The maximum absolute atomic E-state index is 10.9. The fourth-order valence-electron chi connectivity index (χ4n) is 12.2. The number of hydrogen-bond acceptors (Lipinski definition) is 11. The molecule has 0 aromatic rings. The number of ether oxygens (including phenoxy) is 4. The highest BCUT2D eigenvalue weighted by Gasteiger charge is 2.59. The zero-order chi connectivity index (χ0) is 37.7. The van der Waals surface area contributed by atoms with Gasteiger partial charge in [0.15, 0.2) is 12.6 Å². The van der Waals surface area contributed by atoms with E-state index in [2.05, 4.69) is 47.6 Å². The van der Waals surface area contributed by atoms with Gasteiger partial charge in [-0.15, -0.1) is 0 Å². The molecule has 300 valence electrons. The zero-order valence-electron chi connectivity index (χ0n) is 32.4. The van der Waals surface area contributed by atoms with Gasteiger partial charge >= 0.3 is 0 Å². The number of aliphatic hydroxyl groups excluding tert-OH is 7. The van der Waals surface area contributed by atoms with Gasteiger partial charge in [0.1, 0.15) is 48.8 Å². The van der Waals surface area contributed by atoms with Crippen LogP contribution in [0, 0.1) is 52.3 Å². The second-order valence-electron chi connectivity index (χ2n) is 18.5. The predicted molar refractivity (Wildman–Crippen MR) is 193 cm³/mol. The van der Waals surface area contributed by atoms with Gasteiger partial charge in [0, 0.05) is 0 Å². The second kappa shape index (κ2) is 16.4. The molecule has 7 N–H and O–H groups in total. The van der Waals surface area contributed by atoms with E-state index in [1.165, 1.54) is 50.5 Å². The van der Waals surface area contributed by atoms with E-state index in [0.29, 0.717) is 17.3 Å². The highest BCUT2D eigenvalue weighted by atomic mass is 16.7. The summed E-state index contributed by atoms with van der Waals surface area (Å²) >= 11 is 0. The van der Waals surface area contributed by atoms with Crippen LogP contribution in [0.15, 0.2) is 11.6 Å². The Morgan fingerprint density at radius 1 is 0.788 bits per heavy atom. The van der Waals surface area contributed by atoms with Gasteiger partial charge in [-0.25, -0.2) is 0 Å². The number of allylic oxidation sites excluding steroid dienone is 1. The molecule has 0 unspecified atom stereocenters. The summed E-state index contributed by atoms with van der Waals surface area (Å²) in [4.78, 5) is 0. The third-order valence-corrected chi connectivity index (χ3v) is 15.5. The topological polar surface area (TPSA) is 179 Å². The van der Waals surface area contributed by atoms with Crippen LogP contribution in [0.4, 0.5) is 0 Å². The lowest BCUT2D eigenvalue weighted by Crippen LogP contribution is -2.62. The van der Waals surface area contributed by atoms with Crippen LogP contribution in [0.1, 0.15) is 112 Å². The molecule has 11 heteroatoms. The molecule has 0 bridgehead atoms. The van der Waals surface area contributed by atoms with Crippen LogP contribution in [0.5, 0.6) is 0 Å². The van der Waals surface area contributed by atoms with E-state index in [1.807, 2.05) is 0 Å². The Morgan fingerprint density at radius 3 is 2.13 bits per heavy atom. The first-order valence-corrected chi connectivity index (χ1v) is 20.6. The van der Waals surface area contributed by atoms with Gasteiger partial charge in [0.2, 0.25) is 0 Å². The molecule has 0 aromatic heterocycles. The molecule has 5 fully saturated rings. The summed E-state index contributed by atoms with van der Waals surface area (Å²) in [5.41, 5.74) is 1.97. The maximum Gasteiger partial charge on any atom is 0.186 e. The summed E-state index contributed by atoms with van der Waals surface area (Å²) in [5.74, 6) is 5.31. The first-order chi connectivity index (χ1) is 24.6. The van der Waals surface area contributed by atoms with Crippen molar-refractivity contribution in [3.05, 3.63) is 11.6 Å². The molecule has 11 nitrogen and oxygen atoms in total. The number of fused-ring (bicyclic) bond motifs is 5. The predicted octanol–water partition coefficient (Wildman–Crippen LogP) is 3.67. The minimum absolute atomic E-state index is 0.114. The van der Waals surface area contributed by atoms with E-state index >= 15 is 0 Å². The average molecular weight is 739 g/mol. The molecular formula is C41H70O11. The number of hydrogen-bond donors (Lipinski definition) is 7. The van der Waals surface area contributed by atoms with E-state index in [0.717, 1.165) is 55.3 Å².